The van der Waals surface area contributed by atoms with Gasteiger partial charge in [-0.2, -0.15) is 4.51 Å². The first-order valence-electron chi connectivity index (χ1n) is 5.17. The number of hydrogen-bond donors (Lipinski definition) is 1. The standard InChI is InChI=1S/C13H9Cl2FN2/c14-12-4-2-1-3-11(12)13(18-15)17-10-7-5-9(16)6-8-10/h1-8H,(H,17,18). The molecule has 2 aromatic carbocycles. The summed E-state index contributed by atoms with van der Waals surface area (Å²) < 4.78 is 16.4. The Morgan fingerprint density at radius 2 is 1.72 bits per heavy atom. The summed E-state index contributed by atoms with van der Waals surface area (Å²) in [6.45, 7) is 0. The average molecular weight is 283 g/mol. The molecule has 0 amide bonds. The van der Waals surface area contributed by atoms with Crippen molar-refractivity contribution < 1.29 is 4.39 Å². The van der Waals surface area contributed by atoms with Crippen LogP contribution in [0.2, 0.25) is 5.02 Å². The van der Waals surface area contributed by atoms with E-state index < -0.39 is 0 Å². The van der Waals surface area contributed by atoms with Crippen molar-refractivity contribution in [3.05, 3.63) is 64.9 Å². The van der Waals surface area contributed by atoms with E-state index in [9.17, 15) is 4.39 Å². The van der Waals surface area contributed by atoms with Gasteiger partial charge in [-0.05, 0) is 36.4 Å². The molecule has 0 radical (unpaired) electrons. The van der Waals surface area contributed by atoms with Gasteiger partial charge in [0.25, 0.3) is 0 Å². The van der Waals surface area contributed by atoms with Gasteiger partial charge in [-0.25, -0.2) is 4.39 Å². The molecule has 0 aliphatic rings. The third-order valence-corrected chi connectivity index (χ3v) is 2.82. The van der Waals surface area contributed by atoms with E-state index in [4.69, 9.17) is 23.4 Å². The lowest BCUT2D eigenvalue weighted by atomic mass is 10.2. The van der Waals surface area contributed by atoms with Crippen LogP contribution < -0.4 is 5.32 Å². The lowest BCUT2D eigenvalue weighted by Gasteiger charge is -2.09. The third-order valence-electron chi connectivity index (χ3n) is 2.32. The van der Waals surface area contributed by atoms with Gasteiger partial charge in [-0.15, -0.1) is 0 Å². The van der Waals surface area contributed by atoms with Crippen LogP contribution in [0.4, 0.5) is 10.1 Å². The second kappa shape index (κ2) is 5.85. The molecule has 2 nitrogen and oxygen atoms in total. The molecule has 0 fully saturated rings. The summed E-state index contributed by atoms with van der Waals surface area (Å²) in [5.41, 5.74) is 1.36. The van der Waals surface area contributed by atoms with Crippen molar-refractivity contribution in [2.75, 3.05) is 5.32 Å². The fourth-order valence-electron chi connectivity index (χ4n) is 1.46. The minimum atomic E-state index is -0.303. The van der Waals surface area contributed by atoms with Gasteiger partial charge in [0.15, 0.2) is 5.84 Å². The van der Waals surface area contributed by atoms with Gasteiger partial charge in [-0.1, -0.05) is 23.7 Å². The predicted molar refractivity (Wildman–Crippen MR) is 73.9 cm³/mol. The Hall–Kier alpha value is -1.58. The zero-order valence-electron chi connectivity index (χ0n) is 9.20. The summed E-state index contributed by atoms with van der Waals surface area (Å²) >= 11 is 11.6. The Labute approximate surface area is 114 Å². The normalized spacial score (nSPS) is 11.4. The maximum Gasteiger partial charge on any atom is 0.153 e. The molecule has 5 heteroatoms. The summed E-state index contributed by atoms with van der Waals surface area (Å²) in [5.74, 6) is 0.108. The van der Waals surface area contributed by atoms with Crippen LogP contribution in [-0.4, -0.2) is 5.84 Å². The summed E-state index contributed by atoms with van der Waals surface area (Å²) in [5, 5.41) is 3.51. The van der Waals surface area contributed by atoms with Gasteiger partial charge in [0.05, 0.1) is 5.02 Å². The largest absolute Gasteiger partial charge is 0.339 e. The summed E-state index contributed by atoms with van der Waals surface area (Å²) in [6, 6.07) is 13.1. The van der Waals surface area contributed by atoms with Crippen LogP contribution in [0.5, 0.6) is 0 Å². The van der Waals surface area contributed by atoms with Crippen LogP contribution in [-0.2, 0) is 0 Å². The Balaban J connectivity index is 2.26. The van der Waals surface area contributed by atoms with Crippen molar-refractivity contribution in [1.29, 1.82) is 0 Å². The van der Waals surface area contributed by atoms with Crippen molar-refractivity contribution in [3.63, 3.8) is 0 Å². The van der Waals surface area contributed by atoms with E-state index in [-0.39, 0.29) is 5.82 Å². The molecule has 0 unspecified atom stereocenters. The first kappa shape index (κ1) is 12.9. The highest BCUT2D eigenvalue weighted by Crippen LogP contribution is 2.18. The van der Waals surface area contributed by atoms with Gasteiger partial charge in [-0.3, -0.25) is 0 Å². The zero-order chi connectivity index (χ0) is 13.0. The number of benzene rings is 2. The molecule has 0 saturated carbocycles. The molecule has 18 heavy (non-hydrogen) atoms. The van der Waals surface area contributed by atoms with Crippen molar-refractivity contribution >= 4 is 34.9 Å². The molecule has 0 heterocycles. The summed E-state index contributed by atoms with van der Waals surface area (Å²) in [7, 11) is 0. The van der Waals surface area contributed by atoms with E-state index in [0.717, 1.165) is 0 Å². The van der Waals surface area contributed by atoms with E-state index in [0.29, 0.717) is 22.1 Å². The molecule has 1 N–H and O–H groups in total. The van der Waals surface area contributed by atoms with Gasteiger partial charge in [0.1, 0.15) is 5.82 Å². The minimum absolute atomic E-state index is 0.303. The lowest BCUT2D eigenvalue weighted by Crippen LogP contribution is -2.13. The number of amidine groups is 1. The topological polar surface area (TPSA) is 24.4 Å². The fraction of sp³-hybridized carbons (Fsp3) is 0. The zero-order valence-corrected chi connectivity index (χ0v) is 10.7. The number of anilines is 1. The number of halogens is 3. The van der Waals surface area contributed by atoms with Crippen LogP contribution in [0.15, 0.2) is 53.0 Å². The molecule has 0 saturated heterocycles. The minimum Gasteiger partial charge on any atom is -0.339 e. The van der Waals surface area contributed by atoms with Gasteiger partial charge >= 0.3 is 0 Å². The highest BCUT2D eigenvalue weighted by Gasteiger charge is 2.07. The molecule has 0 bridgehead atoms. The lowest BCUT2D eigenvalue weighted by molar-refractivity contribution is 0.628. The van der Waals surface area contributed by atoms with Crippen LogP contribution in [0.25, 0.3) is 0 Å². The summed E-state index contributed by atoms with van der Waals surface area (Å²) in [6.07, 6.45) is 0. The highest BCUT2D eigenvalue weighted by molar-refractivity contribution is 6.36. The maximum absolute atomic E-state index is 12.8. The third kappa shape index (κ3) is 3.00. The molecule has 2 aromatic rings. The Morgan fingerprint density at radius 3 is 2.33 bits per heavy atom. The monoisotopic (exact) mass is 282 g/mol. The second-order valence-corrected chi connectivity index (χ2v) is 4.12. The predicted octanol–water partition coefficient (Wildman–Crippen LogP) is 4.49. The van der Waals surface area contributed by atoms with Crippen LogP contribution in [0.3, 0.4) is 0 Å². The molecule has 0 atom stereocenters. The van der Waals surface area contributed by atoms with E-state index >= 15 is 0 Å². The SMILES string of the molecule is Fc1ccc(N/C(=N\Cl)c2ccccc2Cl)cc1. The van der Waals surface area contributed by atoms with E-state index in [2.05, 4.69) is 9.83 Å². The second-order valence-electron chi connectivity index (χ2n) is 3.54. The first-order valence-corrected chi connectivity index (χ1v) is 5.89. The van der Waals surface area contributed by atoms with Crippen molar-refractivity contribution in [2.24, 2.45) is 4.51 Å². The maximum atomic E-state index is 12.8. The number of nitrogens with one attached hydrogen (secondary N) is 1. The Bertz CT molecular complexity index is 567. The first-order chi connectivity index (χ1) is 8.70. The molecule has 2 rings (SSSR count). The molecule has 0 aliphatic carbocycles. The van der Waals surface area contributed by atoms with Crippen molar-refractivity contribution in [3.8, 4) is 0 Å². The quantitative estimate of drug-likeness (QED) is 0.637. The van der Waals surface area contributed by atoms with Crippen molar-refractivity contribution in [2.45, 2.75) is 0 Å². The van der Waals surface area contributed by atoms with E-state index in [1.807, 2.05) is 12.1 Å². The fourth-order valence-corrected chi connectivity index (χ4v) is 1.82. The number of hydrogen-bond acceptors (Lipinski definition) is 1. The van der Waals surface area contributed by atoms with Crippen LogP contribution in [0.1, 0.15) is 5.56 Å². The highest BCUT2D eigenvalue weighted by atomic mass is 35.5. The van der Waals surface area contributed by atoms with Gasteiger partial charge in [0, 0.05) is 23.0 Å². The number of nitrogens with zero attached hydrogens (tertiary/aromatic N) is 1. The average Bonchev–Trinajstić information content (AvgIpc) is 2.39. The molecular weight excluding hydrogens is 274 g/mol. The summed E-state index contributed by atoms with van der Waals surface area (Å²) in [4.78, 5) is 0. The molecule has 92 valence electrons. The number of rotatable bonds is 2. The molecule has 0 aromatic heterocycles. The Kier molecular flexibility index (Phi) is 4.18. The van der Waals surface area contributed by atoms with E-state index in [1.54, 1.807) is 24.3 Å². The van der Waals surface area contributed by atoms with E-state index in [1.165, 1.54) is 12.1 Å². The van der Waals surface area contributed by atoms with Crippen LogP contribution >= 0.6 is 23.4 Å². The van der Waals surface area contributed by atoms with Crippen LogP contribution in [0, 0.1) is 5.82 Å². The van der Waals surface area contributed by atoms with Gasteiger partial charge < -0.3 is 5.32 Å². The van der Waals surface area contributed by atoms with Gasteiger partial charge in [0.2, 0.25) is 0 Å². The molecular formula is C13H9Cl2FN2. The molecule has 0 aliphatic heterocycles. The Morgan fingerprint density at radius 1 is 1.06 bits per heavy atom. The van der Waals surface area contributed by atoms with Crippen molar-refractivity contribution in [1.82, 2.24) is 0 Å². The smallest absolute Gasteiger partial charge is 0.153 e. The molecule has 0 spiro atoms.